The number of carbonyl (C=O) groups excluding carboxylic acids is 5. The third-order valence-electron chi connectivity index (χ3n) is 12.4. The fraction of sp³-hybridized carbons (Fsp3) is 0.600. The van der Waals surface area contributed by atoms with E-state index in [1.165, 1.54) is 30.5 Å². The van der Waals surface area contributed by atoms with Crippen molar-refractivity contribution in [1.82, 2.24) is 45.3 Å². The van der Waals surface area contributed by atoms with E-state index in [-0.39, 0.29) is 59.2 Å². The van der Waals surface area contributed by atoms with Crippen molar-refractivity contribution in [2.45, 2.75) is 113 Å². The van der Waals surface area contributed by atoms with Crippen LogP contribution in [0.3, 0.4) is 0 Å². The molecule has 4 saturated heterocycles. The highest BCUT2D eigenvalue weighted by Crippen LogP contribution is 2.61. The van der Waals surface area contributed by atoms with Crippen molar-refractivity contribution in [3.63, 3.8) is 0 Å². The van der Waals surface area contributed by atoms with E-state index < -0.39 is 118 Å². The van der Waals surface area contributed by atoms with E-state index >= 15 is 0 Å². The van der Waals surface area contributed by atoms with Crippen molar-refractivity contribution < 1.29 is 90.1 Å². The van der Waals surface area contributed by atoms with Crippen LogP contribution in [0, 0.1) is 5.41 Å². The largest absolute Gasteiger partial charge is 0.481 e. The number of phosphoric acid groups is 3. The summed E-state index contributed by atoms with van der Waals surface area (Å²) in [5.41, 5.74) is 4.14. The van der Waals surface area contributed by atoms with Crippen molar-refractivity contribution >= 4 is 92.7 Å². The number of nitrogens with one attached hydrogen (secondary N) is 3. The summed E-state index contributed by atoms with van der Waals surface area (Å²) in [7, 11) is -16.5. The molecule has 4 aliphatic heterocycles. The Morgan fingerprint density at radius 1 is 0.986 bits per heavy atom. The molecule has 74 heavy (non-hydrogen) atoms. The highest BCUT2D eigenvalue weighted by atomic mass is 32.2. The molecular weight excluding hydrogens is 1080 g/mol. The van der Waals surface area contributed by atoms with Crippen molar-refractivity contribution in [3.8, 4) is 0 Å². The molecule has 1 aromatic carbocycles. The summed E-state index contributed by atoms with van der Waals surface area (Å²) in [5, 5.41) is 29.3. The van der Waals surface area contributed by atoms with Crippen LogP contribution in [-0.2, 0) is 60.3 Å². The highest BCUT2D eigenvalue weighted by Gasteiger charge is 2.68. The number of nitrogens with zero attached hydrogens (tertiary/aromatic N) is 6. The SMILES string of the molecule is CC(C)(COP(=O)(O)OP(=O)(O)OCC1OC(n2cnc3c(N)ncnc32)C(O)C1OP(=O)(O)O)C(O)C(=O)NCCC(=O)NCCSC(=O)[C@@H]1N2C(=O)[C@@H](N3C(=O)[C@@H](c4ccccc4)NC3(C)C)[C@H]2SC1(C)C. The predicted molar refractivity (Wildman–Crippen MR) is 260 cm³/mol. The molecule has 2 aromatic heterocycles. The molecule has 7 unspecified atom stereocenters. The number of imidazole rings is 1. The Balaban J connectivity index is 0.817. The molecule has 11 atom stereocenters. The molecular formula is C40H57N10O19P3S2. The second-order valence-electron chi connectivity index (χ2n) is 19.2. The van der Waals surface area contributed by atoms with Gasteiger partial charge in [-0.3, -0.25) is 47.4 Å². The zero-order valence-corrected chi connectivity index (χ0v) is 44.7. The normalized spacial score (nSPS) is 27.6. The number of aliphatic hydroxyl groups is 2. The number of phosphoric ester groups is 3. The van der Waals surface area contributed by atoms with Crippen LogP contribution in [-0.4, -0.2) is 172 Å². The molecule has 4 amide bonds. The van der Waals surface area contributed by atoms with Crippen LogP contribution < -0.4 is 21.7 Å². The monoisotopic (exact) mass is 1140 g/mol. The average Bonchev–Trinajstić information content (AvgIpc) is 4.01. The van der Waals surface area contributed by atoms with Gasteiger partial charge in [0.05, 0.1) is 25.2 Å². The number of β-lactam (4-membered cyclic amide) rings is 1. The number of anilines is 1. The van der Waals surface area contributed by atoms with Gasteiger partial charge in [-0.1, -0.05) is 55.9 Å². The topological polar surface area (TPSA) is 416 Å². The number of amides is 4. The quantitative estimate of drug-likeness (QED) is 0.0360. The number of aliphatic hydroxyl groups excluding tert-OH is 2. The first kappa shape index (κ1) is 57.7. The van der Waals surface area contributed by atoms with Crippen molar-refractivity contribution in [3.05, 3.63) is 48.5 Å². The minimum atomic E-state index is -5.62. The molecule has 29 nitrogen and oxygen atoms in total. The molecule has 4 aliphatic rings. The number of fused-ring (bicyclic) bond motifs is 2. The lowest BCUT2D eigenvalue weighted by Crippen LogP contribution is -2.73. The molecule has 11 N–H and O–H groups in total. The summed E-state index contributed by atoms with van der Waals surface area (Å²) < 4.78 is 62.0. The summed E-state index contributed by atoms with van der Waals surface area (Å²) in [4.78, 5) is 121. The molecule has 0 saturated carbocycles. The molecule has 4 fully saturated rings. The summed E-state index contributed by atoms with van der Waals surface area (Å²) in [6.45, 7) is 7.58. The Kier molecular flexibility index (Phi) is 17.0. The highest BCUT2D eigenvalue weighted by molar-refractivity contribution is 8.14. The number of hydrogen-bond acceptors (Lipinski definition) is 22. The van der Waals surface area contributed by atoms with Crippen LogP contribution in [0.2, 0.25) is 0 Å². The number of thioether (sulfide) groups is 2. The fourth-order valence-electron chi connectivity index (χ4n) is 8.83. The number of benzene rings is 1. The fourth-order valence-corrected chi connectivity index (χ4v) is 14.4. The van der Waals surface area contributed by atoms with Gasteiger partial charge in [-0.15, -0.1) is 11.8 Å². The molecule has 408 valence electrons. The lowest BCUT2D eigenvalue weighted by Gasteiger charge is -2.50. The van der Waals surface area contributed by atoms with Gasteiger partial charge in [0.2, 0.25) is 28.7 Å². The van der Waals surface area contributed by atoms with E-state index in [1.807, 2.05) is 58.0 Å². The van der Waals surface area contributed by atoms with Gasteiger partial charge < -0.3 is 60.7 Å². The lowest BCUT2D eigenvalue weighted by molar-refractivity contribution is -0.166. The van der Waals surface area contributed by atoms with Crippen LogP contribution in [0.25, 0.3) is 11.2 Å². The van der Waals surface area contributed by atoms with Gasteiger partial charge in [0.15, 0.2) is 17.7 Å². The Bertz CT molecular complexity index is 2790. The van der Waals surface area contributed by atoms with Gasteiger partial charge in [-0.2, -0.15) is 4.31 Å². The van der Waals surface area contributed by atoms with Crippen molar-refractivity contribution in [2.75, 3.05) is 37.8 Å². The summed E-state index contributed by atoms with van der Waals surface area (Å²) >= 11 is 2.40. The van der Waals surface area contributed by atoms with E-state index in [0.29, 0.717) is 0 Å². The standard InChI is InChI=1S/C40H57N10O19P3S2/c1-38(2,17-66-72(63,64)69-71(61,62)65-16-21-27(68-70(58,59)60)26(52)35(67-21)48-19-46-24-30(41)44-18-45-31(24)48)29(53)32(54)43-13-12-22(51)42-14-15-73-37(57)28-39(3,4)74-36-25(34(56)49(28)36)50-33(55)23(47-40(50,5)6)20-10-8-7-9-11-20/h7-11,18-19,21,23,25-29,35-36,47,52-53H,12-17H2,1-6H3,(H,42,51)(H,43,54)(H,61,62)(H,63,64)(H2,41,44,45)(H2,58,59,60)/t21?,23-,25-,26?,27?,28+,29?,35?,36-/m1/s1. The average molecular weight is 1140 g/mol. The number of nitrogen functional groups attached to an aromatic ring is 1. The van der Waals surface area contributed by atoms with Crippen LogP contribution in [0.4, 0.5) is 5.82 Å². The van der Waals surface area contributed by atoms with E-state index in [4.69, 9.17) is 19.5 Å². The Labute approximate surface area is 430 Å². The summed E-state index contributed by atoms with van der Waals surface area (Å²) in [6, 6.07) is 7.02. The number of nitrogens with two attached hydrogens (primary N) is 1. The van der Waals surface area contributed by atoms with Crippen LogP contribution in [0.1, 0.15) is 65.8 Å². The van der Waals surface area contributed by atoms with E-state index in [1.54, 1.807) is 4.90 Å². The van der Waals surface area contributed by atoms with Gasteiger partial charge in [0, 0.05) is 35.4 Å². The second-order valence-corrected chi connectivity index (χ2v) is 26.3. The number of rotatable bonds is 22. The first-order valence-electron chi connectivity index (χ1n) is 22.6. The maximum absolute atomic E-state index is 13.8. The van der Waals surface area contributed by atoms with Crippen LogP contribution in [0.15, 0.2) is 43.0 Å². The molecule has 34 heteroatoms. The minimum Gasteiger partial charge on any atom is -0.386 e. The van der Waals surface area contributed by atoms with Crippen LogP contribution in [0.5, 0.6) is 0 Å². The second kappa shape index (κ2) is 21.8. The lowest BCUT2D eigenvalue weighted by atomic mass is 9.87. The first-order chi connectivity index (χ1) is 34.3. The number of aromatic nitrogens is 4. The smallest absolute Gasteiger partial charge is 0.386 e. The summed E-state index contributed by atoms with van der Waals surface area (Å²) in [5.74, 6) is -2.00. The zero-order chi connectivity index (χ0) is 54.5. The maximum atomic E-state index is 13.8. The van der Waals surface area contributed by atoms with Gasteiger partial charge in [-0.05, 0) is 33.3 Å². The Morgan fingerprint density at radius 3 is 2.34 bits per heavy atom. The summed E-state index contributed by atoms with van der Waals surface area (Å²) in [6.07, 6.45) is -7.17. The van der Waals surface area contributed by atoms with Crippen molar-refractivity contribution in [1.29, 1.82) is 0 Å². The number of carbonyl (C=O) groups is 5. The maximum Gasteiger partial charge on any atom is 0.481 e. The Morgan fingerprint density at radius 2 is 1.66 bits per heavy atom. The third-order valence-corrected chi connectivity index (χ3v) is 18.0. The van der Waals surface area contributed by atoms with E-state index in [0.717, 1.165) is 34.5 Å². The molecule has 0 aliphatic carbocycles. The van der Waals surface area contributed by atoms with E-state index in [9.17, 15) is 67.5 Å². The van der Waals surface area contributed by atoms with Gasteiger partial charge in [0.25, 0.3) is 0 Å². The van der Waals surface area contributed by atoms with E-state index in [2.05, 4.69) is 39.7 Å². The van der Waals surface area contributed by atoms with Gasteiger partial charge in [-0.25, -0.2) is 28.6 Å². The molecule has 0 radical (unpaired) electrons. The van der Waals surface area contributed by atoms with Gasteiger partial charge >= 0.3 is 23.5 Å². The third kappa shape index (κ3) is 12.6. The predicted octanol–water partition coefficient (Wildman–Crippen LogP) is 0.00480. The number of ether oxygens (including phenoxy) is 1. The molecule has 3 aromatic rings. The van der Waals surface area contributed by atoms with Crippen molar-refractivity contribution in [2.24, 2.45) is 5.41 Å². The Hall–Kier alpha value is -3.97. The molecule has 0 bridgehead atoms. The minimum absolute atomic E-state index is 0.0170. The molecule has 6 heterocycles. The van der Waals surface area contributed by atoms with Gasteiger partial charge in [0.1, 0.15) is 59.8 Å². The zero-order valence-electron chi connectivity index (χ0n) is 40.4. The number of hydrogen-bond donors (Lipinski definition) is 10. The molecule has 7 rings (SSSR count). The first-order valence-corrected chi connectivity index (χ1v) is 28.9. The molecule has 0 spiro atoms. The van der Waals surface area contributed by atoms with Crippen LogP contribution >= 0.6 is 47.0 Å².